The number of rotatable bonds is 6. The molecule has 0 radical (unpaired) electrons. The molecule has 0 spiro atoms. The van der Waals surface area contributed by atoms with Gasteiger partial charge in [0, 0.05) is 25.1 Å². The van der Waals surface area contributed by atoms with Crippen molar-refractivity contribution in [1.29, 1.82) is 0 Å². The van der Waals surface area contributed by atoms with Gasteiger partial charge in [-0.05, 0) is 29.5 Å². The largest absolute Gasteiger partial charge is 0.449 e. The van der Waals surface area contributed by atoms with Crippen molar-refractivity contribution in [3.05, 3.63) is 20.3 Å². The quantitative estimate of drug-likeness (QED) is 0.596. The van der Waals surface area contributed by atoms with Gasteiger partial charge in [0.2, 0.25) is 0 Å². The highest BCUT2D eigenvalue weighted by molar-refractivity contribution is 14.1. The number of hydrogen-bond acceptors (Lipinski definition) is 7. The number of ether oxygens (including phenoxy) is 3. The van der Waals surface area contributed by atoms with Gasteiger partial charge in [0.1, 0.15) is 12.8 Å². The lowest BCUT2D eigenvalue weighted by atomic mass is 9.96. The number of carbonyl (C=O) groups is 1. The summed E-state index contributed by atoms with van der Waals surface area (Å²) >= 11 is 1.96. The number of amides is 1. The van der Waals surface area contributed by atoms with Gasteiger partial charge >= 0.3 is 11.8 Å². The molecule has 9 nitrogen and oxygen atoms in total. The molecule has 0 bridgehead atoms. The first kappa shape index (κ1) is 21.1. The number of carbonyl (C=O) groups excluding carboxylic acids is 1. The van der Waals surface area contributed by atoms with Gasteiger partial charge in [-0.25, -0.2) is 9.59 Å². The van der Waals surface area contributed by atoms with Gasteiger partial charge in [-0.3, -0.25) is 9.88 Å². The molecule has 0 aliphatic carbocycles. The standard InChI is InChI=1S/C16H24IN3O6/c1-9-11(21)5-12(26-9)20-6-10(17)13(18-14(20)22)19-15(23)25-8-16(2,3)7-24-4/h6,9,11-12,21H,5,7-8H2,1-4H3,(H,18,19,22,23). The molecule has 2 heterocycles. The second kappa shape index (κ2) is 8.63. The van der Waals surface area contributed by atoms with Crippen LogP contribution in [0.4, 0.5) is 10.6 Å². The molecule has 3 atom stereocenters. The van der Waals surface area contributed by atoms with Crippen LogP contribution in [0.5, 0.6) is 0 Å². The molecule has 10 heteroatoms. The van der Waals surface area contributed by atoms with E-state index in [1.54, 1.807) is 14.0 Å². The van der Waals surface area contributed by atoms with Gasteiger partial charge in [0.15, 0.2) is 5.82 Å². The van der Waals surface area contributed by atoms with Crippen LogP contribution in [0.15, 0.2) is 11.0 Å². The number of nitrogens with zero attached hydrogens (tertiary/aromatic N) is 2. The Hall–Kier alpha value is -1.24. The van der Waals surface area contributed by atoms with Crippen molar-refractivity contribution in [2.75, 3.05) is 25.6 Å². The number of aliphatic hydroxyl groups is 1. The number of aromatic nitrogens is 2. The molecule has 1 amide bonds. The molecule has 146 valence electrons. The van der Waals surface area contributed by atoms with E-state index >= 15 is 0 Å². The van der Waals surface area contributed by atoms with Crippen LogP contribution in [0, 0.1) is 8.99 Å². The maximum atomic E-state index is 12.3. The molecule has 0 saturated carbocycles. The van der Waals surface area contributed by atoms with E-state index in [-0.39, 0.29) is 23.9 Å². The molecular formula is C16H24IN3O6. The summed E-state index contributed by atoms with van der Waals surface area (Å²) < 4.78 is 17.7. The Morgan fingerprint density at radius 1 is 1.54 bits per heavy atom. The summed E-state index contributed by atoms with van der Waals surface area (Å²) in [6.07, 6.45) is -0.416. The van der Waals surface area contributed by atoms with E-state index in [0.717, 1.165) is 0 Å². The summed E-state index contributed by atoms with van der Waals surface area (Å²) in [5.74, 6) is 0.119. The monoisotopic (exact) mass is 481 g/mol. The minimum atomic E-state index is -0.696. The number of hydrogen-bond donors (Lipinski definition) is 2. The number of halogens is 1. The lowest BCUT2D eigenvalue weighted by molar-refractivity contribution is -0.0101. The summed E-state index contributed by atoms with van der Waals surface area (Å²) in [4.78, 5) is 28.1. The van der Waals surface area contributed by atoms with Crippen molar-refractivity contribution in [2.24, 2.45) is 5.41 Å². The molecule has 1 aliphatic rings. The van der Waals surface area contributed by atoms with Gasteiger partial charge in [-0.1, -0.05) is 13.8 Å². The van der Waals surface area contributed by atoms with E-state index < -0.39 is 24.1 Å². The predicted molar refractivity (Wildman–Crippen MR) is 102 cm³/mol. The fraction of sp³-hybridized carbons (Fsp3) is 0.688. The summed E-state index contributed by atoms with van der Waals surface area (Å²) in [6, 6.07) is 0. The third-order valence-corrected chi connectivity index (χ3v) is 4.71. The van der Waals surface area contributed by atoms with Crippen molar-refractivity contribution >= 4 is 34.5 Å². The van der Waals surface area contributed by atoms with E-state index in [9.17, 15) is 14.7 Å². The fourth-order valence-electron chi connectivity index (χ4n) is 2.54. The van der Waals surface area contributed by atoms with Crippen molar-refractivity contribution < 1.29 is 24.1 Å². The molecule has 0 aromatic carbocycles. The van der Waals surface area contributed by atoms with Crippen molar-refractivity contribution in [3.63, 3.8) is 0 Å². The third kappa shape index (κ3) is 5.38. The number of nitrogens with one attached hydrogen (secondary N) is 1. The van der Waals surface area contributed by atoms with E-state index in [2.05, 4.69) is 10.3 Å². The highest BCUT2D eigenvalue weighted by Gasteiger charge is 2.32. The van der Waals surface area contributed by atoms with Crippen LogP contribution in [0.3, 0.4) is 0 Å². The Bertz CT molecular complexity index is 698. The lowest BCUT2D eigenvalue weighted by Crippen LogP contribution is -2.31. The molecule has 1 saturated heterocycles. The zero-order chi connectivity index (χ0) is 19.5. The van der Waals surface area contributed by atoms with Gasteiger partial charge < -0.3 is 19.3 Å². The van der Waals surface area contributed by atoms with Crippen LogP contribution < -0.4 is 11.0 Å². The summed E-state index contributed by atoms with van der Waals surface area (Å²) in [7, 11) is 1.58. The average Bonchev–Trinajstić information content (AvgIpc) is 2.88. The Balaban J connectivity index is 2.04. The van der Waals surface area contributed by atoms with Crippen LogP contribution in [-0.2, 0) is 14.2 Å². The van der Waals surface area contributed by atoms with Crippen molar-refractivity contribution in [2.45, 2.75) is 45.6 Å². The van der Waals surface area contributed by atoms with Gasteiger partial charge in [-0.15, -0.1) is 0 Å². The molecule has 2 rings (SSSR count). The topological polar surface area (TPSA) is 112 Å². The second-order valence-electron chi connectivity index (χ2n) is 7.02. The smallest absolute Gasteiger partial charge is 0.412 e. The Kier molecular flexibility index (Phi) is 6.99. The van der Waals surface area contributed by atoms with Gasteiger partial charge in [0.25, 0.3) is 0 Å². The Morgan fingerprint density at radius 2 is 2.23 bits per heavy atom. The normalized spacial score (nSPS) is 23.1. The minimum Gasteiger partial charge on any atom is -0.449 e. The summed E-state index contributed by atoms with van der Waals surface area (Å²) in [6.45, 7) is 6.16. The number of methoxy groups -OCH3 is 1. The Morgan fingerprint density at radius 3 is 2.81 bits per heavy atom. The molecule has 2 N–H and O–H groups in total. The lowest BCUT2D eigenvalue weighted by Gasteiger charge is -2.23. The van der Waals surface area contributed by atoms with Crippen molar-refractivity contribution in [1.82, 2.24) is 9.55 Å². The first-order valence-electron chi connectivity index (χ1n) is 8.18. The Labute approximate surface area is 165 Å². The highest BCUT2D eigenvalue weighted by atomic mass is 127. The molecule has 1 aliphatic heterocycles. The van der Waals surface area contributed by atoms with E-state index in [1.807, 2.05) is 36.4 Å². The first-order chi connectivity index (χ1) is 12.1. The minimum absolute atomic E-state index is 0.119. The molecule has 26 heavy (non-hydrogen) atoms. The van der Waals surface area contributed by atoms with Crippen molar-refractivity contribution in [3.8, 4) is 0 Å². The maximum Gasteiger partial charge on any atom is 0.412 e. The van der Waals surface area contributed by atoms with E-state index in [4.69, 9.17) is 14.2 Å². The van der Waals surface area contributed by atoms with E-state index in [1.165, 1.54) is 10.8 Å². The number of anilines is 1. The van der Waals surface area contributed by atoms with Crippen LogP contribution in [0.2, 0.25) is 0 Å². The summed E-state index contributed by atoms with van der Waals surface area (Å²) in [5, 5.41) is 12.3. The summed E-state index contributed by atoms with van der Waals surface area (Å²) in [5.41, 5.74) is -0.903. The van der Waals surface area contributed by atoms with E-state index in [0.29, 0.717) is 16.6 Å². The van der Waals surface area contributed by atoms with Crippen LogP contribution in [-0.4, -0.2) is 53.3 Å². The molecular weight excluding hydrogens is 457 g/mol. The zero-order valence-electron chi connectivity index (χ0n) is 15.2. The van der Waals surface area contributed by atoms with Crippen LogP contribution in [0.1, 0.15) is 33.4 Å². The highest BCUT2D eigenvalue weighted by Crippen LogP contribution is 2.28. The van der Waals surface area contributed by atoms with Gasteiger partial charge in [0.05, 0.1) is 22.4 Å². The third-order valence-electron chi connectivity index (χ3n) is 3.92. The van der Waals surface area contributed by atoms with Crippen LogP contribution >= 0.6 is 22.6 Å². The predicted octanol–water partition coefficient (Wildman–Crippen LogP) is 1.74. The molecule has 1 aromatic heterocycles. The van der Waals surface area contributed by atoms with Gasteiger partial charge in [-0.2, -0.15) is 4.98 Å². The fourth-order valence-corrected chi connectivity index (χ4v) is 3.09. The number of aliphatic hydroxyl groups excluding tert-OH is 1. The molecule has 1 fully saturated rings. The van der Waals surface area contributed by atoms with Crippen LogP contribution in [0.25, 0.3) is 0 Å². The first-order valence-corrected chi connectivity index (χ1v) is 9.26. The SMILES string of the molecule is COCC(C)(C)COC(=O)Nc1nc(=O)n(C2CC(O)C(C)O2)cc1I. The molecule has 1 aromatic rings. The molecule has 3 unspecified atom stereocenters. The second-order valence-corrected chi connectivity index (χ2v) is 8.19. The zero-order valence-corrected chi connectivity index (χ0v) is 17.3. The average molecular weight is 481 g/mol. The maximum absolute atomic E-state index is 12.3.